The van der Waals surface area contributed by atoms with Crippen LogP contribution in [0.5, 0.6) is 0 Å². The fraction of sp³-hybridized carbons (Fsp3) is 0.500. The molecule has 100 valence electrons. The van der Waals surface area contributed by atoms with Crippen molar-refractivity contribution in [3.05, 3.63) is 20.3 Å². The van der Waals surface area contributed by atoms with Crippen molar-refractivity contribution in [1.82, 2.24) is 5.32 Å². The highest BCUT2D eigenvalue weighted by Gasteiger charge is 2.12. The average Bonchev–Trinajstić information content (AvgIpc) is 2.64. The lowest BCUT2D eigenvalue weighted by Gasteiger charge is -2.10. The maximum absolute atomic E-state index is 11.8. The van der Waals surface area contributed by atoms with Crippen LogP contribution in [0, 0.1) is 12.8 Å². The number of hydrogen-bond acceptors (Lipinski definition) is 3. The van der Waals surface area contributed by atoms with E-state index in [2.05, 4.69) is 21.2 Å². The van der Waals surface area contributed by atoms with Crippen molar-refractivity contribution in [2.45, 2.75) is 26.7 Å². The van der Waals surface area contributed by atoms with Crippen molar-refractivity contribution < 1.29 is 14.7 Å². The fourth-order valence-corrected chi connectivity index (χ4v) is 2.85. The third-order valence-electron chi connectivity index (χ3n) is 2.54. The van der Waals surface area contributed by atoms with E-state index in [-0.39, 0.29) is 18.2 Å². The number of carboxylic acid groups (broad SMARTS) is 1. The van der Waals surface area contributed by atoms with Crippen molar-refractivity contribution in [3.63, 3.8) is 0 Å². The summed E-state index contributed by atoms with van der Waals surface area (Å²) >= 11 is 4.78. The highest BCUT2D eigenvalue weighted by molar-refractivity contribution is 9.11. The van der Waals surface area contributed by atoms with Crippen LogP contribution in [0.1, 0.15) is 35.0 Å². The van der Waals surface area contributed by atoms with E-state index in [1.807, 2.05) is 19.9 Å². The van der Waals surface area contributed by atoms with Gasteiger partial charge >= 0.3 is 5.97 Å². The van der Waals surface area contributed by atoms with Crippen LogP contribution < -0.4 is 5.32 Å². The predicted molar refractivity (Wildman–Crippen MR) is 75.1 cm³/mol. The molecule has 1 atom stereocenters. The van der Waals surface area contributed by atoms with Crippen LogP contribution in [0.4, 0.5) is 0 Å². The number of carboxylic acids is 1. The summed E-state index contributed by atoms with van der Waals surface area (Å²) in [4.78, 5) is 22.9. The smallest absolute Gasteiger partial charge is 0.303 e. The second kappa shape index (κ2) is 6.89. The van der Waals surface area contributed by atoms with Gasteiger partial charge in [-0.3, -0.25) is 9.59 Å². The molecule has 0 spiro atoms. The van der Waals surface area contributed by atoms with Crippen LogP contribution in [0.2, 0.25) is 0 Å². The van der Waals surface area contributed by atoms with Gasteiger partial charge in [-0.1, -0.05) is 6.92 Å². The van der Waals surface area contributed by atoms with Gasteiger partial charge < -0.3 is 10.4 Å². The van der Waals surface area contributed by atoms with Gasteiger partial charge in [-0.15, -0.1) is 11.3 Å². The van der Waals surface area contributed by atoms with Crippen LogP contribution in [0.15, 0.2) is 9.85 Å². The normalized spacial score (nSPS) is 12.2. The molecule has 0 bridgehead atoms. The van der Waals surface area contributed by atoms with Crippen LogP contribution in [-0.4, -0.2) is 23.5 Å². The maximum atomic E-state index is 11.8. The van der Waals surface area contributed by atoms with Crippen molar-refractivity contribution in [2.24, 2.45) is 5.92 Å². The summed E-state index contributed by atoms with van der Waals surface area (Å²) in [6.45, 7) is 4.37. The Bertz CT molecular complexity index is 425. The monoisotopic (exact) mass is 333 g/mol. The number of carbonyl (C=O) groups is 2. The Labute approximate surface area is 119 Å². The lowest BCUT2D eigenvalue weighted by atomic mass is 10.1. The second-order valence-corrected chi connectivity index (χ2v) is 6.69. The molecule has 6 heteroatoms. The Hall–Kier alpha value is -0.880. The van der Waals surface area contributed by atoms with Crippen LogP contribution in [0.3, 0.4) is 0 Å². The summed E-state index contributed by atoms with van der Waals surface area (Å²) in [5.41, 5.74) is 1.05. The number of thiophene rings is 1. The zero-order valence-corrected chi connectivity index (χ0v) is 12.7. The standard InChI is InChI=1S/C12H16BrNO3S/c1-7(3-4-10(15)16)6-14-12(17)9-5-8(2)11(13)18-9/h5,7H,3-4,6H2,1-2H3,(H,14,17)(H,15,16). The first-order chi connectivity index (χ1) is 8.40. The Morgan fingerprint density at radius 2 is 2.22 bits per heavy atom. The third kappa shape index (κ3) is 4.78. The fourth-order valence-electron chi connectivity index (χ4n) is 1.40. The van der Waals surface area contributed by atoms with Gasteiger partial charge in [0.2, 0.25) is 0 Å². The Morgan fingerprint density at radius 1 is 1.56 bits per heavy atom. The van der Waals surface area contributed by atoms with Crippen molar-refractivity contribution >= 4 is 39.1 Å². The zero-order valence-electron chi connectivity index (χ0n) is 10.3. The van der Waals surface area contributed by atoms with Crippen LogP contribution in [-0.2, 0) is 4.79 Å². The number of aryl methyl sites for hydroxylation is 1. The molecule has 1 aromatic heterocycles. The van der Waals surface area contributed by atoms with Crippen molar-refractivity contribution in [1.29, 1.82) is 0 Å². The Kier molecular flexibility index (Phi) is 5.81. The molecule has 0 aromatic carbocycles. The minimum absolute atomic E-state index is 0.101. The number of amides is 1. The van der Waals surface area contributed by atoms with E-state index in [9.17, 15) is 9.59 Å². The number of carbonyl (C=O) groups excluding carboxylic acids is 1. The first-order valence-corrected chi connectivity index (χ1v) is 7.27. The van der Waals surface area contributed by atoms with Gasteiger partial charge in [-0.25, -0.2) is 0 Å². The first kappa shape index (κ1) is 15.2. The van der Waals surface area contributed by atoms with E-state index in [4.69, 9.17) is 5.11 Å². The minimum atomic E-state index is -0.800. The summed E-state index contributed by atoms with van der Waals surface area (Å²) in [6.07, 6.45) is 0.712. The predicted octanol–water partition coefficient (Wildman–Crippen LogP) is 3.05. The number of halogens is 1. The third-order valence-corrected chi connectivity index (χ3v) is 4.68. The molecule has 2 N–H and O–H groups in total. The molecule has 1 amide bonds. The van der Waals surface area contributed by atoms with Crippen molar-refractivity contribution in [3.8, 4) is 0 Å². The van der Waals surface area contributed by atoms with Gasteiger partial charge in [-0.2, -0.15) is 0 Å². The topological polar surface area (TPSA) is 66.4 Å². The molecule has 1 heterocycles. The molecule has 1 rings (SSSR count). The first-order valence-electron chi connectivity index (χ1n) is 5.66. The SMILES string of the molecule is Cc1cc(C(=O)NCC(C)CCC(=O)O)sc1Br. The quantitative estimate of drug-likeness (QED) is 0.840. The van der Waals surface area contributed by atoms with E-state index < -0.39 is 5.97 Å². The van der Waals surface area contributed by atoms with Crippen molar-refractivity contribution in [2.75, 3.05) is 6.54 Å². The molecule has 0 fully saturated rings. The molecule has 0 saturated carbocycles. The van der Waals surface area contributed by atoms with Gasteiger partial charge in [0.25, 0.3) is 5.91 Å². The van der Waals surface area contributed by atoms with E-state index in [0.29, 0.717) is 17.8 Å². The lowest BCUT2D eigenvalue weighted by Crippen LogP contribution is -2.27. The molecular formula is C12H16BrNO3S. The maximum Gasteiger partial charge on any atom is 0.303 e. The number of hydrogen-bond donors (Lipinski definition) is 2. The summed E-state index contributed by atoms with van der Waals surface area (Å²) < 4.78 is 0.964. The highest BCUT2D eigenvalue weighted by atomic mass is 79.9. The van der Waals surface area contributed by atoms with E-state index in [1.54, 1.807) is 0 Å². The molecule has 4 nitrogen and oxygen atoms in total. The molecule has 0 saturated heterocycles. The molecule has 0 aliphatic heterocycles. The minimum Gasteiger partial charge on any atom is -0.481 e. The van der Waals surface area contributed by atoms with E-state index in [1.165, 1.54) is 11.3 Å². The lowest BCUT2D eigenvalue weighted by molar-refractivity contribution is -0.137. The number of nitrogens with one attached hydrogen (secondary N) is 1. The molecule has 0 aliphatic rings. The molecule has 1 aromatic rings. The molecule has 1 unspecified atom stereocenters. The molecular weight excluding hydrogens is 318 g/mol. The van der Waals surface area contributed by atoms with Gasteiger partial charge in [0, 0.05) is 13.0 Å². The van der Waals surface area contributed by atoms with Gasteiger partial charge in [0.15, 0.2) is 0 Å². The van der Waals surface area contributed by atoms with E-state index >= 15 is 0 Å². The Morgan fingerprint density at radius 3 is 2.72 bits per heavy atom. The highest BCUT2D eigenvalue weighted by Crippen LogP contribution is 2.27. The molecule has 0 aliphatic carbocycles. The Balaban J connectivity index is 2.39. The van der Waals surface area contributed by atoms with E-state index in [0.717, 1.165) is 9.35 Å². The van der Waals surface area contributed by atoms with Gasteiger partial charge in [0.05, 0.1) is 8.66 Å². The van der Waals surface area contributed by atoms with Gasteiger partial charge in [0.1, 0.15) is 0 Å². The van der Waals surface area contributed by atoms with Crippen LogP contribution in [0.25, 0.3) is 0 Å². The van der Waals surface area contributed by atoms with Crippen LogP contribution >= 0.6 is 27.3 Å². The average molecular weight is 334 g/mol. The number of rotatable bonds is 6. The summed E-state index contributed by atoms with van der Waals surface area (Å²) in [6, 6.07) is 1.84. The summed E-state index contributed by atoms with van der Waals surface area (Å²) in [5, 5.41) is 11.4. The van der Waals surface area contributed by atoms with Gasteiger partial charge in [-0.05, 0) is 46.8 Å². The second-order valence-electron chi connectivity index (χ2n) is 4.31. The number of aliphatic carboxylic acids is 1. The zero-order chi connectivity index (χ0) is 13.7. The molecule has 18 heavy (non-hydrogen) atoms. The summed E-state index contributed by atoms with van der Waals surface area (Å²) in [5.74, 6) is -0.739. The molecule has 0 radical (unpaired) electrons. The summed E-state index contributed by atoms with van der Waals surface area (Å²) in [7, 11) is 0. The largest absolute Gasteiger partial charge is 0.481 e.